The summed E-state index contributed by atoms with van der Waals surface area (Å²) in [6, 6.07) is 9.25. The van der Waals surface area contributed by atoms with Crippen LogP contribution in [-0.2, 0) is 4.79 Å². The van der Waals surface area contributed by atoms with Crippen molar-refractivity contribution in [1.29, 1.82) is 0 Å². The van der Waals surface area contributed by atoms with Gasteiger partial charge in [-0.3, -0.25) is 4.79 Å². The number of amides is 1. The molecule has 0 radical (unpaired) electrons. The van der Waals surface area contributed by atoms with Gasteiger partial charge >= 0.3 is 0 Å². The highest BCUT2D eigenvalue weighted by molar-refractivity contribution is 6.30. The minimum absolute atomic E-state index is 0.107. The molecule has 1 atom stereocenters. The van der Waals surface area contributed by atoms with Crippen molar-refractivity contribution in [3.8, 4) is 5.69 Å². The van der Waals surface area contributed by atoms with Crippen LogP contribution in [0.15, 0.2) is 36.5 Å². The van der Waals surface area contributed by atoms with E-state index in [0.29, 0.717) is 10.8 Å². The Labute approximate surface area is 140 Å². The minimum Gasteiger partial charge on any atom is -0.317 e. The lowest BCUT2D eigenvalue weighted by Crippen LogP contribution is -2.31. The lowest BCUT2D eigenvalue weighted by atomic mass is 9.92. The number of aromatic nitrogens is 2. The lowest BCUT2D eigenvalue weighted by molar-refractivity contribution is -0.118. The highest BCUT2D eigenvalue weighted by Gasteiger charge is 2.57. The second-order valence-electron chi connectivity index (χ2n) is 6.47. The average molecular weight is 331 g/mol. The largest absolute Gasteiger partial charge is 0.317 e. The molecule has 2 heterocycles. The highest BCUT2D eigenvalue weighted by Crippen LogP contribution is 2.58. The zero-order chi connectivity index (χ0) is 15.9. The lowest BCUT2D eigenvalue weighted by Gasteiger charge is -2.23. The SMILES string of the molecule is O=C(Nc1ccnn1-c1cccc(Cl)c1)C1CC12CCNCC2. The van der Waals surface area contributed by atoms with Gasteiger partial charge in [0.15, 0.2) is 0 Å². The predicted molar refractivity (Wildman–Crippen MR) is 89.8 cm³/mol. The summed E-state index contributed by atoms with van der Waals surface area (Å²) < 4.78 is 1.71. The third kappa shape index (κ3) is 2.75. The monoisotopic (exact) mass is 330 g/mol. The molecule has 1 aliphatic carbocycles. The molecule has 5 nitrogen and oxygen atoms in total. The van der Waals surface area contributed by atoms with Crippen LogP contribution in [0, 0.1) is 11.3 Å². The Balaban J connectivity index is 1.50. The third-order valence-corrected chi connectivity index (χ3v) is 5.29. The number of nitrogens with one attached hydrogen (secondary N) is 2. The van der Waals surface area contributed by atoms with Gasteiger partial charge in [0.1, 0.15) is 5.82 Å². The van der Waals surface area contributed by atoms with Crippen LogP contribution in [0.4, 0.5) is 5.82 Å². The number of carbonyl (C=O) groups is 1. The van der Waals surface area contributed by atoms with E-state index in [2.05, 4.69) is 15.7 Å². The molecular formula is C17H19ClN4O. The van der Waals surface area contributed by atoms with Gasteiger partial charge in [-0.05, 0) is 56.0 Å². The van der Waals surface area contributed by atoms with Gasteiger partial charge in [0.05, 0.1) is 11.9 Å². The number of halogens is 1. The molecule has 2 aromatic rings. The van der Waals surface area contributed by atoms with Crippen LogP contribution in [0.25, 0.3) is 5.69 Å². The summed E-state index contributed by atoms with van der Waals surface area (Å²) in [7, 11) is 0. The summed E-state index contributed by atoms with van der Waals surface area (Å²) in [5, 5.41) is 11.3. The van der Waals surface area contributed by atoms with Crippen molar-refractivity contribution in [3.05, 3.63) is 41.6 Å². The first kappa shape index (κ1) is 14.7. The van der Waals surface area contributed by atoms with Crippen LogP contribution in [0.2, 0.25) is 5.02 Å². The Morgan fingerprint density at radius 1 is 1.35 bits per heavy atom. The van der Waals surface area contributed by atoms with Gasteiger partial charge in [-0.15, -0.1) is 0 Å². The van der Waals surface area contributed by atoms with Gasteiger partial charge in [0, 0.05) is 17.0 Å². The van der Waals surface area contributed by atoms with E-state index < -0.39 is 0 Å². The second kappa shape index (κ2) is 5.65. The average Bonchev–Trinajstić information content (AvgIpc) is 3.04. The smallest absolute Gasteiger partial charge is 0.229 e. The van der Waals surface area contributed by atoms with E-state index in [1.807, 2.05) is 30.3 Å². The Bertz CT molecular complexity index is 736. The van der Waals surface area contributed by atoms with Gasteiger partial charge in [0.2, 0.25) is 5.91 Å². The second-order valence-corrected chi connectivity index (χ2v) is 6.90. The first-order valence-corrected chi connectivity index (χ1v) is 8.37. The summed E-state index contributed by atoms with van der Waals surface area (Å²) in [5.41, 5.74) is 1.07. The molecule has 1 saturated heterocycles. The Hall–Kier alpha value is -1.85. The summed E-state index contributed by atoms with van der Waals surface area (Å²) in [6.45, 7) is 2.04. The molecule has 1 spiro atoms. The highest BCUT2D eigenvalue weighted by atomic mass is 35.5. The van der Waals surface area contributed by atoms with Crippen LogP contribution in [0.3, 0.4) is 0 Å². The molecule has 2 aliphatic rings. The Morgan fingerprint density at radius 3 is 2.96 bits per heavy atom. The van der Waals surface area contributed by atoms with E-state index in [9.17, 15) is 4.79 Å². The molecule has 2 fully saturated rings. The van der Waals surface area contributed by atoms with Crippen LogP contribution < -0.4 is 10.6 Å². The molecule has 23 heavy (non-hydrogen) atoms. The first-order valence-electron chi connectivity index (χ1n) is 8.00. The van der Waals surface area contributed by atoms with Crippen molar-refractivity contribution in [1.82, 2.24) is 15.1 Å². The molecular weight excluding hydrogens is 312 g/mol. The number of hydrogen-bond acceptors (Lipinski definition) is 3. The van der Waals surface area contributed by atoms with Crippen LogP contribution in [0.1, 0.15) is 19.3 Å². The van der Waals surface area contributed by atoms with Crippen molar-refractivity contribution in [2.24, 2.45) is 11.3 Å². The number of rotatable bonds is 3. The topological polar surface area (TPSA) is 59.0 Å². The Morgan fingerprint density at radius 2 is 2.17 bits per heavy atom. The summed E-state index contributed by atoms with van der Waals surface area (Å²) in [4.78, 5) is 12.6. The fourth-order valence-corrected chi connectivity index (χ4v) is 3.81. The van der Waals surface area contributed by atoms with E-state index in [4.69, 9.17) is 11.6 Å². The molecule has 1 amide bonds. The maximum absolute atomic E-state index is 12.6. The summed E-state index contributed by atoms with van der Waals surface area (Å²) in [6.07, 6.45) is 4.88. The number of benzene rings is 1. The van der Waals surface area contributed by atoms with Crippen molar-refractivity contribution < 1.29 is 4.79 Å². The van der Waals surface area contributed by atoms with Gasteiger partial charge in [-0.2, -0.15) is 5.10 Å². The molecule has 1 aromatic heterocycles. The number of carbonyl (C=O) groups excluding carboxylic acids is 1. The van der Waals surface area contributed by atoms with Crippen molar-refractivity contribution >= 4 is 23.3 Å². The van der Waals surface area contributed by atoms with E-state index in [1.165, 1.54) is 0 Å². The summed E-state index contributed by atoms with van der Waals surface area (Å²) >= 11 is 6.04. The normalized spacial score (nSPS) is 22.0. The van der Waals surface area contributed by atoms with Crippen LogP contribution >= 0.6 is 11.6 Å². The predicted octanol–water partition coefficient (Wildman–Crippen LogP) is 2.85. The van der Waals surface area contributed by atoms with Crippen molar-refractivity contribution in [3.63, 3.8) is 0 Å². The van der Waals surface area contributed by atoms with Gasteiger partial charge < -0.3 is 10.6 Å². The van der Waals surface area contributed by atoms with Gasteiger partial charge in [-0.25, -0.2) is 4.68 Å². The maximum Gasteiger partial charge on any atom is 0.229 e. The molecule has 1 unspecified atom stereocenters. The molecule has 4 rings (SSSR count). The first-order chi connectivity index (χ1) is 11.2. The fraction of sp³-hybridized carbons (Fsp3) is 0.412. The van der Waals surface area contributed by atoms with Gasteiger partial charge in [-0.1, -0.05) is 17.7 Å². The van der Waals surface area contributed by atoms with Crippen LogP contribution in [0.5, 0.6) is 0 Å². The summed E-state index contributed by atoms with van der Waals surface area (Å²) in [5.74, 6) is 0.927. The zero-order valence-corrected chi connectivity index (χ0v) is 13.5. The van der Waals surface area contributed by atoms with Gasteiger partial charge in [0.25, 0.3) is 0 Å². The number of hydrogen-bond donors (Lipinski definition) is 2. The molecule has 1 aromatic carbocycles. The molecule has 1 aliphatic heterocycles. The molecule has 2 N–H and O–H groups in total. The maximum atomic E-state index is 12.6. The van der Waals surface area contributed by atoms with E-state index in [1.54, 1.807) is 10.9 Å². The third-order valence-electron chi connectivity index (χ3n) is 5.05. The standard InChI is InChI=1S/C17H19ClN4O/c18-12-2-1-3-13(10-12)22-15(4-7-20-22)21-16(23)14-11-17(14)5-8-19-9-6-17/h1-4,7,10,14,19H,5-6,8-9,11H2,(H,21,23). The van der Waals surface area contributed by atoms with E-state index >= 15 is 0 Å². The molecule has 6 heteroatoms. The number of anilines is 1. The quantitative estimate of drug-likeness (QED) is 0.909. The number of piperidine rings is 1. The van der Waals surface area contributed by atoms with Crippen molar-refractivity contribution in [2.75, 3.05) is 18.4 Å². The van der Waals surface area contributed by atoms with E-state index in [-0.39, 0.29) is 17.2 Å². The zero-order valence-electron chi connectivity index (χ0n) is 12.8. The van der Waals surface area contributed by atoms with Crippen LogP contribution in [-0.4, -0.2) is 28.8 Å². The molecule has 120 valence electrons. The fourth-order valence-electron chi connectivity index (χ4n) is 3.62. The van der Waals surface area contributed by atoms with E-state index in [0.717, 1.165) is 38.0 Å². The van der Waals surface area contributed by atoms with Crippen molar-refractivity contribution in [2.45, 2.75) is 19.3 Å². The molecule has 0 bridgehead atoms. The minimum atomic E-state index is 0.107. The Kier molecular flexibility index (Phi) is 3.62. The molecule has 1 saturated carbocycles. The number of nitrogens with zero attached hydrogens (tertiary/aromatic N) is 2.